The van der Waals surface area contributed by atoms with Crippen LogP contribution < -0.4 is 0 Å². The van der Waals surface area contributed by atoms with Crippen LogP contribution in [0.5, 0.6) is 0 Å². The van der Waals surface area contributed by atoms with Crippen molar-refractivity contribution in [1.29, 1.82) is 0 Å². The van der Waals surface area contributed by atoms with Gasteiger partial charge in [-0.1, -0.05) is 30.3 Å². The van der Waals surface area contributed by atoms with Crippen LogP contribution in [0.4, 0.5) is 4.79 Å². The Labute approximate surface area is 154 Å². The maximum absolute atomic E-state index is 12.6. The highest BCUT2D eigenvalue weighted by molar-refractivity contribution is 5.74. The number of likely N-dealkylation sites (tertiary alicyclic amines) is 1. The fourth-order valence-corrected chi connectivity index (χ4v) is 3.88. The lowest BCUT2D eigenvalue weighted by Gasteiger charge is -2.37. The van der Waals surface area contributed by atoms with Gasteiger partial charge in [-0.2, -0.15) is 0 Å². The second kappa shape index (κ2) is 7.91. The quantitative estimate of drug-likeness (QED) is 0.851. The SMILES string of the molecule is O=C(N1CCOCC1)N1CCC(c2nccn2Cc2ccccc2)CC1. The van der Waals surface area contributed by atoms with Crippen molar-refractivity contribution in [2.75, 3.05) is 39.4 Å². The highest BCUT2D eigenvalue weighted by Gasteiger charge is 2.29. The summed E-state index contributed by atoms with van der Waals surface area (Å²) in [6.07, 6.45) is 5.90. The molecule has 0 atom stereocenters. The van der Waals surface area contributed by atoms with Crippen LogP contribution in [0.25, 0.3) is 0 Å². The number of nitrogens with zero attached hydrogens (tertiary/aromatic N) is 4. The molecule has 0 aliphatic carbocycles. The van der Waals surface area contributed by atoms with Crippen LogP contribution in [0.1, 0.15) is 30.1 Å². The van der Waals surface area contributed by atoms with Gasteiger partial charge in [0.25, 0.3) is 0 Å². The minimum Gasteiger partial charge on any atom is -0.378 e. The Morgan fingerprint density at radius 3 is 2.46 bits per heavy atom. The predicted molar refractivity (Wildman–Crippen MR) is 99.1 cm³/mol. The van der Waals surface area contributed by atoms with Gasteiger partial charge in [0.2, 0.25) is 0 Å². The molecule has 2 saturated heterocycles. The summed E-state index contributed by atoms with van der Waals surface area (Å²) >= 11 is 0. The average molecular weight is 354 g/mol. The Kier molecular flexibility index (Phi) is 5.20. The molecule has 2 fully saturated rings. The van der Waals surface area contributed by atoms with Crippen LogP contribution >= 0.6 is 0 Å². The fraction of sp³-hybridized carbons (Fsp3) is 0.500. The van der Waals surface area contributed by atoms with Gasteiger partial charge in [-0.15, -0.1) is 0 Å². The average Bonchev–Trinajstić information content (AvgIpc) is 3.17. The molecule has 138 valence electrons. The summed E-state index contributed by atoms with van der Waals surface area (Å²) in [4.78, 5) is 21.2. The summed E-state index contributed by atoms with van der Waals surface area (Å²) in [7, 11) is 0. The third-order valence-electron chi connectivity index (χ3n) is 5.36. The van der Waals surface area contributed by atoms with Gasteiger partial charge in [0.1, 0.15) is 5.82 Å². The Balaban J connectivity index is 1.36. The Morgan fingerprint density at radius 1 is 1.04 bits per heavy atom. The standard InChI is InChI=1S/C20H26N4O2/c25-20(23-12-14-26-15-13-23)22-9-6-18(7-10-22)19-21-8-11-24(19)16-17-4-2-1-3-5-17/h1-5,8,11,18H,6-7,9-10,12-16H2. The van der Waals surface area contributed by atoms with Crippen LogP contribution in [0.3, 0.4) is 0 Å². The summed E-state index contributed by atoms with van der Waals surface area (Å²) in [6.45, 7) is 5.18. The minimum absolute atomic E-state index is 0.166. The molecule has 0 radical (unpaired) electrons. The van der Waals surface area contributed by atoms with Gasteiger partial charge < -0.3 is 19.1 Å². The first-order chi connectivity index (χ1) is 12.8. The van der Waals surface area contributed by atoms with Crippen molar-refractivity contribution in [3.63, 3.8) is 0 Å². The molecule has 2 aliphatic rings. The molecule has 2 aromatic rings. The number of urea groups is 1. The van der Waals surface area contributed by atoms with Crippen molar-refractivity contribution in [3.8, 4) is 0 Å². The van der Waals surface area contributed by atoms with Gasteiger partial charge in [0.15, 0.2) is 0 Å². The molecule has 1 aromatic heterocycles. The molecule has 26 heavy (non-hydrogen) atoms. The number of hydrogen-bond donors (Lipinski definition) is 0. The zero-order chi connectivity index (χ0) is 17.8. The van der Waals surface area contributed by atoms with E-state index in [4.69, 9.17) is 4.74 Å². The maximum atomic E-state index is 12.6. The number of morpholine rings is 1. The Morgan fingerprint density at radius 2 is 1.73 bits per heavy atom. The summed E-state index contributed by atoms with van der Waals surface area (Å²) < 4.78 is 7.59. The lowest BCUT2D eigenvalue weighted by Crippen LogP contribution is -2.50. The first-order valence-electron chi connectivity index (χ1n) is 9.48. The molecule has 0 unspecified atom stereocenters. The summed E-state index contributed by atoms with van der Waals surface area (Å²) in [5, 5.41) is 0. The van der Waals surface area contributed by atoms with E-state index in [9.17, 15) is 4.79 Å². The van der Waals surface area contributed by atoms with Gasteiger partial charge >= 0.3 is 6.03 Å². The number of carbonyl (C=O) groups is 1. The second-order valence-corrected chi connectivity index (χ2v) is 7.04. The smallest absolute Gasteiger partial charge is 0.320 e. The van der Waals surface area contributed by atoms with E-state index in [2.05, 4.69) is 40.0 Å². The van der Waals surface area contributed by atoms with E-state index in [0.29, 0.717) is 32.2 Å². The molecule has 0 N–H and O–H groups in total. The van der Waals surface area contributed by atoms with E-state index in [1.54, 1.807) is 0 Å². The van der Waals surface area contributed by atoms with Gasteiger partial charge in [0, 0.05) is 51.0 Å². The molecule has 1 aromatic carbocycles. The number of piperidine rings is 1. The topological polar surface area (TPSA) is 50.6 Å². The highest BCUT2D eigenvalue weighted by Crippen LogP contribution is 2.28. The summed E-state index contributed by atoms with van der Waals surface area (Å²) in [5.74, 6) is 1.56. The molecule has 2 aliphatic heterocycles. The van der Waals surface area contributed by atoms with Crippen LogP contribution in [0.2, 0.25) is 0 Å². The minimum atomic E-state index is 0.166. The van der Waals surface area contributed by atoms with E-state index in [0.717, 1.165) is 38.3 Å². The van der Waals surface area contributed by atoms with Crippen molar-refractivity contribution in [3.05, 3.63) is 54.1 Å². The highest BCUT2D eigenvalue weighted by atomic mass is 16.5. The molecule has 6 heteroatoms. The lowest BCUT2D eigenvalue weighted by atomic mass is 9.96. The summed E-state index contributed by atoms with van der Waals surface area (Å²) in [5.41, 5.74) is 1.28. The first kappa shape index (κ1) is 17.1. The van der Waals surface area contributed by atoms with Crippen LogP contribution in [0, 0.1) is 0 Å². The number of benzene rings is 1. The Hall–Kier alpha value is -2.34. The van der Waals surface area contributed by atoms with Gasteiger partial charge in [-0.3, -0.25) is 0 Å². The molecule has 0 saturated carbocycles. The number of amides is 2. The third kappa shape index (κ3) is 3.75. The van der Waals surface area contributed by atoms with Crippen molar-refractivity contribution >= 4 is 6.03 Å². The van der Waals surface area contributed by atoms with Crippen molar-refractivity contribution in [2.24, 2.45) is 0 Å². The molecule has 0 bridgehead atoms. The molecule has 0 spiro atoms. The first-order valence-corrected chi connectivity index (χ1v) is 9.48. The van der Waals surface area contributed by atoms with E-state index in [1.165, 1.54) is 5.56 Å². The number of aromatic nitrogens is 2. The van der Waals surface area contributed by atoms with Gasteiger partial charge in [-0.25, -0.2) is 9.78 Å². The van der Waals surface area contributed by atoms with E-state index in [1.807, 2.05) is 22.1 Å². The molecule has 3 heterocycles. The second-order valence-electron chi connectivity index (χ2n) is 7.04. The molecule has 4 rings (SSSR count). The largest absolute Gasteiger partial charge is 0.378 e. The third-order valence-corrected chi connectivity index (χ3v) is 5.36. The zero-order valence-corrected chi connectivity index (χ0v) is 15.1. The fourth-order valence-electron chi connectivity index (χ4n) is 3.88. The molecular formula is C20H26N4O2. The monoisotopic (exact) mass is 354 g/mol. The van der Waals surface area contributed by atoms with Crippen molar-refractivity contribution < 1.29 is 9.53 Å². The molecule has 6 nitrogen and oxygen atoms in total. The number of carbonyl (C=O) groups excluding carboxylic acids is 1. The number of ether oxygens (including phenoxy) is 1. The Bertz CT molecular complexity index is 716. The van der Waals surface area contributed by atoms with Gasteiger partial charge in [-0.05, 0) is 18.4 Å². The van der Waals surface area contributed by atoms with E-state index in [-0.39, 0.29) is 6.03 Å². The van der Waals surface area contributed by atoms with Crippen LogP contribution in [0.15, 0.2) is 42.7 Å². The molecule has 2 amide bonds. The van der Waals surface area contributed by atoms with E-state index >= 15 is 0 Å². The molecular weight excluding hydrogens is 328 g/mol. The number of hydrogen-bond acceptors (Lipinski definition) is 3. The van der Waals surface area contributed by atoms with Gasteiger partial charge in [0.05, 0.1) is 13.2 Å². The van der Waals surface area contributed by atoms with Crippen molar-refractivity contribution in [2.45, 2.75) is 25.3 Å². The number of rotatable bonds is 3. The normalized spacial score (nSPS) is 18.9. The van der Waals surface area contributed by atoms with Crippen LogP contribution in [-0.2, 0) is 11.3 Å². The maximum Gasteiger partial charge on any atom is 0.320 e. The summed E-state index contributed by atoms with van der Waals surface area (Å²) in [6, 6.07) is 10.6. The van der Waals surface area contributed by atoms with E-state index < -0.39 is 0 Å². The van der Waals surface area contributed by atoms with Crippen molar-refractivity contribution in [1.82, 2.24) is 19.4 Å². The number of imidazole rings is 1. The zero-order valence-electron chi connectivity index (χ0n) is 15.1. The predicted octanol–water partition coefficient (Wildman–Crippen LogP) is 2.56. The van der Waals surface area contributed by atoms with Crippen LogP contribution in [-0.4, -0.2) is 64.8 Å². The lowest BCUT2D eigenvalue weighted by molar-refractivity contribution is 0.0410.